The van der Waals surface area contributed by atoms with E-state index in [0.717, 1.165) is 16.5 Å². The number of benzene rings is 1. The highest BCUT2D eigenvalue weighted by Crippen LogP contribution is 2.35. The van der Waals surface area contributed by atoms with Gasteiger partial charge in [-0.3, -0.25) is 25.0 Å². The number of halogens is 3. The van der Waals surface area contributed by atoms with E-state index in [1.807, 2.05) is 0 Å². The van der Waals surface area contributed by atoms with E-state index in [4.69, 9.17) is 0 Å². The lowest BCUT2D eigenvalue weighted by Gasteiger charge is -2.25. The second kappa shape index (κ2) is 9.35. The maximum Gasteiger partial charge on any atom is 0.416 e. The van der Waals surface area contributed by atoms with Gasteiger partial charge >= 0.3 is 6.18 Å². The molecule has 0 radical (unpaired) electrons. The molecule has 4 rings (SSSR count). The van der Waals surface area contributed by atoms with Crippen LogP contribution in [-0.4, -0.2) is 40.1 Å². The largest absolute Gasteiger partial charge is 0.416 e. The van der Waals surface area contributed by atoms with Crippen molar-refractivity contribution in [3.05, 3.63) is 50.7 Å². The van der Waals surface area contributed by atoms with Gasteiger partial charge in [0.05, 0.1) is 11.1 Å². The minimum atomic E-state index is -4.50. The van der Waals surface area contributed by atoms with Crippen LogP contribution < -0.4 is 16.0 Å². The molecule has 0 spiro atoms. The summed E-state index contributed by atoms with van der Waals surface area (Å²) in [6, 6.07) is 2.97. The van der Waals surface area contributed by atoms with E-state index in [1.54, 1.807) is 5.38 Å². The zero-order valence-electron chi connectivity index (χ0n) is 18.2. The molecular formula is C22H23F3N4O4S. The van der Waals surface area contributed by atoms with E-state index in [9.17, 15) is 32.7 Å². The number of hydrogen-bond donors (Lipinski definition) is 4. The number of aliphatic hydroxyl groups is 1. The van der Waals surface area contributed by atoms with Crippen LogP contribution >= 0.6 is 11.3 Å². The number of amides is 3. The number of carbonyl (C=O) groups excluding carboxylic acids is 3. The van der Waals surface area contributed by atoms with E-state index in [2.05, 4.69) is 16.0 Å². The number of thiophene rings is 1. The molecule has 4 N–H and O–H groups in total. The molecule has 3 amide bonds. The van der Waals surface area contributed by atoms with Crippen molar-refractivity contribution in [2.45, 2.75) is 57.8 Å². The number of aliphatic hydroxyl groups excluding tert-OH is 1. The molecule has 0 aliphatic carbocycles. The number of carbonyl (C=O) groups is 3. The highest BCUT2D eigenvalue weighted by Gasteiger charge is 2.39. The molecule has 1 saturated heterocycles. The van der Waals surface area contributed by atoms with Gasteiger partial charge in [-0.25, -0.2) is 0 Å². The smallest absolute Gasteiger partial charge is 0.361 e. The van der Waals surface area contributed by atoms with E-state index in [1.165, 1.54) is 35.3 Å². The van der Waals surface area contributed by atoms with Gasteiger partial charge in [0, 0.05) is 35.5 Å². The lowest BCUT2D eigenvalue weighted by atomic mass is 10.1. The van der Waals surface area contributed by atoms with Crippen molar-refractivity contribution in [2.24, 2.45) is 0 Å². The first-order valence-electron chi connectivity index (χ1n) is 10.6. The summed E-state index contributed by atoms with van der Waals surface area (Å²) in [5.74, 6) is -1.12. The van der Waals surface area contributed by atoms with Crippen LogP contribution in [0.2, 0.25) is 0 Å². The molecule has 3 heterocycles. The monoisotopic (exact) mass is 496 g/mol. The van der Waals surface area contributed by atoms with Crippen molar-refractivity contribution < 1.29 is 32.7 Å². The van der Waals surface area contributed by atoms with Crippen molar-refractivity contribution in [3.63, 3.8) is 0 Å². The number of imide groups is 1. The zero-order chi connectivity index (χ0) is 24.6. The number of nitrogens with one attached hydrogen (secondary N) is 3. The van der Waals surface area contributed by atoms with Crippen molar-refractivity contribution in [1.29, 1.82) is 0 Å². The SMILES string of the molecule is Cc1ccc(NC(O)NCc2scc3c2CN(C2CCCC(=O)NC2=O)C3=O)cc1C(F)(F)F. The molecule has 34 heavy (non-hydrogen) atoms. The molecule has 0 saturated carbocycles. The molecule has 1 aromatic carbocycles. The summed E-state index contributed by atoms with van der Waals surface area (Å²) in [4.78, 5) is 39.0. The van der Waals surface area contributed by atoms with Gasteiger partial charge in [0.1, 0.15) is 6.04 Å². The Kier molecular flexibility index (Phi) is 6.65. The third-order valence-corrected chi connectivity index (χ3v) is 6.95. The van der Waals surface area contributed by atoms with Crippen molar-refractivity contribution in [3.8, 4) is 0 Å². The van der Waals surface area contributed by atoms with Crippen molar-refractivity contribution in [1.82, 2.24) is 15.5 Å². The van der Waals surface area contributed by atoms with E-state index in [0.29, 0.717) is 18.4 Å². The molecule has 12 heteroatoms. The van der Waals surface area contributed by atoms with Crippen LogP contribution in [0.3, 0.4) is 0 Å². The molecule has 0 bridgehead atoms. The van der Waals surface area contributed by atoms with Gasteiger partial charge in [0.25, 0.3) is 5.91 Å². The van der Waals surface area contributed by atoms with Crippen LogP contribution in [0, 0.1) is 6.92 Å². The molecule has 1 aromatic heterocycles. The highest BCUT2D eigenvalue weighted by molar-refractivity contribution is 7.10. The van der Waals surface area contributed by atoms with Gasteiger partial charge in [-0.05, 0) is 43.0 Å². The van der Waals surface area contributed by atoms with Gasteiger partial charge < -0.3 is 15.3 Å². The first-order valence-corrected chi connectivity index (χ1v) is 11.5. The molecule has 2 aromatic rings. The first kappa shape index (κ1) is 24.2. The van der Waals surface area contributed by atoms with Gasteiger partial charge in [-0.1, -0.05) is 6.07 Å². The minimum Gasteiger partial charge on any atom is -0.361 e. The van der Waals surface area contributed by atoms with Gasteiger partial charge in [0.2, 0.25) is 11.8 Å². The third kappa shape index (κ3) is 4.93. The van der Waals surface area contributed by atoms with Crippen molar-refractivity contribution >= 4 is 34.7 Å². The standard InChI is InChI=1S/C22H23F3N4O4S/c1-11-5-6-12(7-15(11)22(23,24)25)27-21(33)26-8-17-13-9-29(20(32)14(13)10-34-17)16-3-2-4-18(30)28-19(16)31/h5-7,10,16,21,26-27,33H,2-4,8-9H2,1H3,(H,28,30,31). The maximum atomic E-state index is 13.1. The van der Waals surface area contributed by atoms with Gasteiger partial charge in [-0.15, -0.1) is 11.3 Å². The average molecular weight is 497 g/mol. The highest BCUT2D eigenvalue weighted by atomic mass is 32.1. The predicted octanol–water partition coefficient (Wildman–Crippen LogP) is 2.70. The Balaban J connectivity index is 1.40. The zero-order valence-corrected chi connectivity index (χ0v) is 19.0. The van der Waals surface area contributed by atoms with Crippen LogP contribution in [0.15, 0.2) is 23.6 Å². The summed E-state index contributed by atoms with van der Waals surface area (Å²) < 4.78 is 39.3. The summed E-state index contributed by atoms with van der Waals surface area (Å²) in [6.45, 7) is 1.72. The second-order valence-electron chi connectivity index (χ2n) is 8.26. The Bertz CT molecular complexity index is 1130. The fourth-order valence-corrected chi connectivity index (χ4v) is 5.14. The van der Waals surface area contributed by atoms with Crippen LogP contribution in [0.25, 0.3) is 0 Å². The number of alkyl halides is 3. The van der Waals surface area contributed by atoms with Crippen LogP contribution in [-0.2, 0) is 28.9 Å². The third-order valence-electron chi connectivity index (χ3n) is 5.93. The average Bonchev–Trinajstić information content (AvgIpc) is 3.24. The Morgan fingerprint density at radius 1 is 1.29 bits per heavy atom. The number of fused-ring (bicyclic) bond motifs is 1. The number of rotatable bonds is 6. The summed E-state index contributed by atoms with van der Waals surface area (Å²) in [7, 11) is 0. The molecule has 8 nitrogen and oxygen atoms in total. The molecule has 2 aliphatic heterocycles. The molecule has 2 unspecified atom stereocenters. The minimum absolute atomic E-state index is 0.0792. The van der Waals surface area contributed by atoms with E-state index < -0.39 is 30.0 Å². The Morgan fingerprint density at radius 3 is 2.79 bits per heavy atom. The van der Waals surface area contributed by atoms with Crippen LogP contribution in [0.4, 0.5) is 18.9 Å². The first-order chi connectivity index (χ1) is 16.0. The Hall–Kier alpha value is -2.96. The van der Waals surface area contributed by atoms with E-state index >= 15 is 0 Å². The number of hydrogen-bond acceptors (Lipinski definition) is 7. The predicted molar refractivity (Wildman–Crippen MR) is 118 cm³/mol. The summed E-state index contributed by atoms with van der Waals surface area (Å²) in [6.07, 6.45) is -4.72. The molecule has 182 valence electrons. The van der Waals surface area contributed by atoms with Crippen molar-refractivity contribution in [2.75, 3.05) is 5.32 Å². The lowest BCUT2D eigenvalue weighted by Crippen LogP contribution is -2.47. The molecular weight excluding hydrogens is 473 g/mol. The topological polar surface area (TPSA) is 111 Å². The van der Waals surface area contributed by atoms with E-state index in [-0.39, 0.29) is 42.6 Å². The maximum absolute atomic E-state index is 13.1. The Labute approximate surface area is 197 Å². The molecule has 1 fully saturated rings. The molecule has 2 atom stereocenters. The quantitative estimate of drug-likeness (QED) is 0.362. The Morgan fingerprint density at radius 2 is 2.06 bits per heavy atom. The number of nitrogens with zero attached hydrogens (tertiary/aromatic N) is 1. The van der Waals surface area contributed by atoms with Crippen LogP contribution in [0.1, 0.15) is 51.2 Å². The van der Waals surface area contributed by atoms with Gasteiger partial charge in [0.15, 0.2) is 6.35 Å². The lowest BCUT2D eigenvalue weighted by molar-refractivity contribution is -0.138. The fraction of sp³-hybridized carbons (Fsp3) is 0.409. The van der Waals surface area contributed by atoms with Gasteiger partial charge in [-0.2, -0.15) is 13.2 Å². The van der Waals surface area contributed by atoms with Crippen LogP contribution in [0.5, 0.6) is 0 Å². The summed E-state index contributed by atoms with van der Waals surface area (Å²) >= 11 is 1.31. The number of aryl methyl sites for hydroxylation is 1. The second-order valence-corrected chi connectivity index (χ2v) is 9.22. The summed E-state index contributed by atoms with van der Waals surface area (Å²) in [5.41, 5.74) is 0.595. The number of anilines is 1. The summed E-state index contributed by atoms with van der Waals surface area (Å²) in [5, 5.41) is 19.6. The normalized spacial score (nSPS) is 19.6. The fourth-order valence-electron chi connectivity index (χ4n) is 4.16. The molecule has 2 aliphatic rings.